The van der Waals surface area contributed by atoms with Crippen molar-refractivity contribution in [2.75, 3.05) is 0 Å². The Morgan fingerprint density at radius 1 is 0.462 bits per heavy atom. The summed E-state index contributed by atoms with van der Waals surface area (Å²) in [6.07, 6.45) is 0. The van der Waals surface area contributed by atoms with Gasteiger partial charge in [-0.2, -0.15) is 0 Å². The second-order valence-electron chi connectivity index (χ2n) is 6.31. The van der Waals surface area contributed by atoms with E-state index in [1.165, 1.54) is 27.8 Å². The maximum absolute atomic E-state index is 3.52. The molecule has 0 aromatic heterocycles. The largest absolute Gasteiger partial charge is 0.0623 e. The van der Waals surface area contributed by atoms with Crippen LogP contribution in [0.2, 0.25) is 0 Å². The standard InChI is InChI=1S/C19H13Br.C6H6/c20-14-11-9-13(10-12-14)19-17-7-3-1-5-15(17)16-6-2-4-8-18(16)19;1-2-4-6-5-3-1/h1-12,19H;1-6H. The first-order valence-electron chi connectivity index (χ1n) is 8.78. The molecule has 4 aromatic carbocycles. The van der Waals surface area contributed by atoms with Gasteiger partial charge in [0.1, 0.15) is 0 Å². The van der Waals surface area contributed by atoms with Crippen LogP contribution < -0.4 is 0 Å². The second-order valence-corrected chi connectivity index (χ2v) is 7.23. The molecule has 26 heavy (non-hydrogen) atoms. The number of hydrogen-bond donors (Lipinski definition) is 0. The lowest BCUT2D eigenvalue weighted by Crippen LogP contribution is -1.98. The van der Waals surface area contributed by atoms with Gasteiger partial charge in [0, 0.05) is 10.4 Å². The van der Waals surface area contributed by atoms with E-state index in [2.05, 4.69) is 88.7 Å². The fraction of sp³-hybridized carbons (Fsp3) is 0.0400. The van der Waals surface area contributed by atoms with Gasteiger partial charge in [-0.3, -0.25) is 0 Å². The zero-order valence-electron chi connectivity index (χ0n) is 14.3. The van der Waals surface area contributed by atoms with Gasteiger partial charge in [0.25, 0.3) is 0 Å². The highest BCUT2D eigenvalue weighted by Crippen LogP contribution is 2.47. The third-order valence-corrected chi connectivity index (χ3v) is 5.23. The summed E-state index contributed by atoms with van der Waals surface area (Å²) in [5.41, 5.74) is 6.92. The highest BCUT2D eigenvalue weighted by Gasteiger charge is 2.28. The molecule has 0 fully saturated rings. The van der Waals surface area contributed by atoms with Gasteiger partial charge >= 0.3 is 0 Å². The number of rotatable bonds is 1. The molecule has 0 saturated heterocycles. The lowest BCUT2D eigenvalue weighted by molar-refractivity contribution is 1.01. The van der Waals surface area contributed by atoms with Crippen LogP contribution in [0.5, 0.6) is 0 Å². The van der Waals surface area contributed by atoms with E-state index in [1.54, 1.807) is 0 Å². The van der Waals surface area contributed by atoms with Crippen LogP contribution in [0.15, 0.2) is 114 Å². The summed E-state index contributed by atoms with van der Waals surface area (Å²) in [6, 6.07) is 38.2. The molecule has 1 aliphatic carbocycles. The number of halogens is 1. The molecule has 0 amide bonds. The number of fused-ring (bicyclic) bond motifs is 3. The van der Waals surface area contributed by atoms with Crippen molar-refractivity contribution in [2.45, 2.75) is 5.92 Å². The van der Waals surface area contributed by atoms with Crippen LogP contribution >= 0.6 is 15.9 Å². The van der Waals surface area contributed by atoms with E-state index in [0.29, 0.717) is 5.92 Å². The molecular formula is C25H19Br. The van der Waals surface area contributed by atoms with E-state index in [0.717, 1.165) is 4.47 Å². The van der Waals surface area contributed by atoms with Gasteiger partial charge < -0.3 is 0 Å². The second kappa shape index (κ2) is 7.72. The highest BCUT2D eigenvalue weighted by molar-refractivity contribution is 9.10. The maximum atomic E-state index is 3.52. The zero-order valence-corrected chi connectivity index (χ0v) is 15.9. The maximum Gasteiger partial charge on any atom is 0.0352 e. The first-order chi connectivity index (χ1) is 12.8. The number of benzene rings is 4. The van der Waals surface area contributed by atoms with Crippen LogP contribution in [0.25, 0.3) is 11.1 Å². The van der Waals surface area contributed by atoms with Crippen molar-refractivity contribution in [2.24, 2.45) is 0 Å². The Hall–Kier alpha value is -2.64. The van der Waals surface area contributed by atoms with Crippen LogP contribution in [0, 0.1) is 0 Å². The molecular weight excluding hydrogens is 380 g/mol. The predicted octanol–water partition coefficient (Wildman–Crippen LogP) is 7.30. The topological polar surface area (TPSA) is 0 Å². The van der Waals surface area contributed by atoms with E-state index >= 15 is 0 Å². The fourth-order valence-corrected chi connectivity index (χ4v) is 3.82. The first-order valence-corrected chi connectivity index (χ1v) is 9.57. The lowest BCUT2D eigenvalue weighted by atomic mass is 9.89. The SMILES string of the molecule is Brc1ccc(C2c3ccccc3-c3ccccc32)cc1.c1ccccc1. The van der Waals surface area contributed by atoms with Crippen LogP contribution in [0.4, 0.5) is 0 Å². The molecule has 0 heterocycles. The smallest absolute Gasteiger partial charge is 0.0352 e. The Bertz CT molecular complexity index is 916. The van der Waals surface area contributed by atoms with E-state index < -0.39 is 0 Å². The van der Waals surface area contributed by atoms with Crippen molar-refractivity contribution in [3.8, 4) is 11.1 Å². The third-order valence-electron chi connectivity index (χ3n) is 4.70. The summed E-state index contributed by atoms with van der Waals surface area (Å²) in [5.74, 6) is 0.357. The summed E-state index contributed by atoms with van der Waals surface area (Å²) in [7, 11) is 0. The molecule has 0 unspecified atom stereocenters. The fourth-order valence-electron chi connectivity index (χ4n) is 3.55. The predicted molar refractivity (Wildman–Crippen MR) is 113 cm³/mol. The Morgan fingerprint density at radius 3 is 1.35 bits per heavy atom. The summed E-state index contributed by atoms with van der Waals surface area (Å²) >= 11 is 3.52. The van der Waals surface area contributed by atoms with Gasteiger partial charge in [0.2, 0.25) is 0 Å². The third kappa shape index (κ3) is 3.36. The minimum absolute atomic E-state index is 0.357. The van der Waals surface area contributed by atoms with Gasteiger partial charge in [0.15, 0.2) is 0 Å². The van der Waals surface area contributed by atoms with E-state index in [9.17, 15) is 0 Å². The number of hydrogen-bond acceptors (Lipinski definition) is 0. The minimum atomic E-state index is 0.357. The lowest BCUT2D eigenvalue weighted by Gasteiger charge is -2.14. The van der Waals surface area contributed by atoms with Gasteiger partial charge in [-0.1, -0.05) is 113 Å². The van der Waals surface area contributed by atoms with Crippen molar-refractivity contribution in [1.82, 2.24) is 0 Å². The zero-order chi connectivity index (χ0) is 17.8. The van der Waals surface area contributed by atoms with Crippen LogP contribution in [0.3, 0.4) is 0 Å². The van der Waals surface area contributed by atoms with Gasteiger partial charge in [-0.05, 0) is 39.9 Å². The average Bonchev–Trinajstić information content (AvgIpc) is 3.05. The average molecular weight is 399 g/mol. The minimum Gasteiger partial charge on any atom is -0.0623 e. The highest BCUT2D eigenvalue weighted by atomic mass is 79.9. The van der Waals surface area contributed by atoms with Gasteiger partial charge in [-0.15, -0.1) is 0 Å². The molecule has 0 N–H and O–H groups in total. The summed E-state index contributed by atoms with van der Waals surface area (Å²) in [6.45, 7) is 0. The van der Waals surface area contributed by atoms with Crippen LogP contribution in [0.1, 0.15) is 22.6 Å². The Kier molecular flexibility index (Phi) is 4.99. The molecule has 0 saturated carbocycles. The molecule has 0 spiro atoms. The Balaban J connectivity index is 0.000000240. The molecule has 0 bridgehead atoms. The Labute approximate surface area is 163 Å². The monoisotopic (exact) mass is 398 g/mol. The molecule has 5 rings (SSSR count). The summed E-state index contributed by atoms with van der Waals surface area (Å²) < 4.78 is 1.13. The molecule has 0 aliphatic heterocycles. The molecule has 1 heteroatoms. The van der Waals surface area contributed by atoms with Crippen molar-refractivity contribution in [1.29, 1.82) is 0 Å². The quantitative estimate of drug-likeness (QED) is 0.278. The van der Waals surface area contributed by atoms with Crippen molar-refractivity contribution >= 4 is 15.9 Å². The molecule has 1 aliphatic rings. The van der Waals surface area contributed by atoms with Crippen molar-refractivity contribution in [3.63, 3.8) is 0 Å². The molecule has 126 valence electrons. The first kappa shape index (κ1) is 16.8. The normalized spacial score (nSPS) is 11.9. The van der Waals surface area contributed by atoms with Gasteiger partial charge in [0.05, 0.1) is 0 Å². The van der Waals surface area contributed by atoms with Gasteiger partial charge in [-0.25, -0.2) is 0 Å². The molecule has 0 radical (unpaired) electrons. The van der Waals surface area contributed by atoms with Crippen LogP contribution in [-0.4, -0.2) is 0 Å². The molecule has 4 aromatic rings. The van der Waals surface area contributed by atoms with Crippen molar-refractivity contribution < 1.29 is 0 Å². The molecule has 0 nitrogen and oxygen atoms in total. The van der Waals surface area contributed by atoms with E-state index in [1.807, 2.05) is 36.4 Å². The van der Waals surface area contributed by atoms with E-state index in [4.69, 9.17) is 0 Å². The molecule has 0 atom stereocenters. The summed E-state index contributed by atoms with van der Waals surface area (Å²) in [4.78, 5) is 0. The Morgan fingerprint density at radius 2 is 0.885 bits per heavy atom. The van der Waals surface area contributed by atoms with Crippen molar-refractivity contribution in [3.05, 3.63) is 130 Å². The van der Waals surface area contributed by atoms with Crippen LogP contribution in [-0.2, 0) is 0 Å². The van der Waals surface area contributed by atoms with E-state index in [-0.39, 0.29) is 0 Å². The summed E-state index contributed by atoms with van der Waals surface area (Å²) in [5, 5.41) is 0.